The van der Waals surface area contributed by atoms with Gasteiger partial charge in [0.1, 0.15) is 6.29 Å². The molecule has 4 rings (SSSR count). The molecule has 0 saturated carbocycles. The highest BCUT2D eigenvalue weighted by Crippen LogP contribution is 2.43. The molecule has 2 aromatic rings. The van der Waals surface area contributed by atoms with Crippen molar-refractivity contribution in [2.75, 3.05) is 13.2 Å². The van der Waals surface area contributed by atoms with Crippen molar-refractivity contribution in [3.8, 4) is 0 Å². The summed E-state index contributed by atoms with van der Waals surface area (Å²) in [4.78, 5) is 51.3. The fraction of sp³-hybridized carbons (Fsp3) is 0.280. The summed E-state index contributed by atoms with van der Waals surface area (Å²) in [5.41, 5.74) is 0.368. The van der Waals surface area contributed by atoms with Gasteiger partial charge in [0, 0.05) is 17.9 Å². The number of amides is 2. The van der Waals surface area contributed by atoms with Crippen LogP contribution in [0.1, 0.15) is 50.3 Å². The Bertz CT molecular complexity index is 1060. The van der Waals surface area contributed by atoms with Crippen LogP contribution in [0.2, 0.25) is 0 Å². The SMILES string of the molecule is O=C[C@@]1(CCN2C(=O)c3ccccc3C2=O)CCC(Br)=C[C@H]1COC(=O)c1ccccc1. The third kappa shape index (κ3) is 4.17. The maximum atomic E-state index is 12.7. The summed E-state index contributed by atoms with van der Waals surface area (Å²) < 4.78 is 6.47. The Hall–Kier alpha value is -3.06. The zero-order valence-electron chi connectivity index (χ0n) is 17.3. The Labute approximate surface area is 194 Å². The molecule has 7 heteroatoms. The van der Waals surface area contributed by atoms with Crippen molar-refractivity contribution in [2.24, 2.45) is 11.3 Å². The molecule has 164 valence electrons. The van der Waals surface area contributed by atoms with Crippen molar-refractivity contribution in [3.63, 3.8) is 0 Å². The van der Waals surface area contributed by atoms with E-state index in [1.165, 1.54) is 4.90 Å². The summed E-state index contributed by atoms with van der Waals surface area (Å²) in [5, 5.41) is 0. The molecule has 0 fully saturated rings. The minimum Gasteiger partial charge on any atom is -0.461 e. The number of imide groups is 1. The number of ether oxygens (including phenoxy) is 1. The standard InChI is InChI=1S/C25H22BrNO5/c26-19-10-11-25(16-28,18(14-19)15-32-24(31)17-6-2-1-3-7-17)12-13-27-22(29)20-8-4-5-9-21(20)23(27)30/h1-9,14,16,18H,10-13,15H2/t18-,25-/m0/s1. The molecule has 1 aliphatic heterocycles. The van der Waals surface area contributed by atoms with E-state index >= 15 is 0 Å². The summed E-state index contributed by atoms with van der Waals surface area (Å²) in [7, 11) is 0. The van der Waals surface area contributed by atoms with Crippen molar-refractivity contribution in [3.05, 3.63) is 81.8 Å². The van der Waals surface area contributed by atoms with Crippen LogP contribution >= 0.6 is 15.9 Å². The molecular weight excluding hydrogens is 474 g/mol. The normalized spacial score (nSPS) is 22.3. The molecule has 0 aromatic heterocycles. The van der Waals surface area contributed by atoms with E-state index in [0.29, 0.717) is 36.0 Å². The Balaban J connectivity index is 1.49. The van der Waals surface area contributed by atoms with Crippen LogP contribution in [-0.4, -0.2) is 42.1 Å². The first-order valence-electron chi connectivity index (χ1n) is 10.4. The second-order valence-corrected chi connectivity index (χ2v) is 9.11. The second-order valence-electron chi connectivity index (χ2n) is 8.09. The van der Waals surface area contributed by atoms with Crippen LogP contribution in [0.4, 0.5) is 0 Å². The largest absolute Gasteiger partial charge is 0.461 e. The fourth-order valence-corrected chi connectivity index (χ4v) is 4.84. The number of fused-ring (bicyclic) bond motifs is 1. The van der Waals surface area contributed by atoms with E-state index in [2.05, 4.69) is 15.9 Å². The Morgan fingerprint density at radius 1 is 1.06 bits per heavy atom. The molecule has 0 unspecified atom stereocenters. The fourth-order valence-electron chi connectivity index (χ4n) is 4.32. The summed E-state index contributed by atoms with van der Waals surface area (Å²) in [6, 6.07) is 15.4. The molecule has 0 spiro atoms. The van der Waals surface area contributed by atoms with E-state index in [0.717, 1.165) is 10.8 Å². The molecule has 0 N–H and O–H groups in total. The lowest BCUT2D eigenvalue weighted by Crippen LogP contribution is -2.41. The Morgan fingerprint density at radius 3 is 2.31 bits per heavy atom. The predicted octanol–water partition coefficient (Wildman–Crippen LogP) is 4.40. The van der Waals surface area contributed by atoms with Gasteiger partial charge in [0.2, 0.25) is 0 Å². The van der Waals surface area contributed by atoms with Gasteiger partial charge in [-0.25, -0.2) is 4.79 Å². The van der Waals surface area contributed by atoms with Crippen molar-refractivity contribution < 1.29 is 23.9 Å². The second kappa shape index (κ2) is 9.20. The Kier molecular flexibility index (Phi) is 6.37. The minimum atomic E-state index is -0.844. The first kappa shape index (κ1) is 22.1. The van der Waals surface area contributed by atoms with Crippen LogP contribution in [0.25, 0.3) is 0 Å². The van der Waals surface area contributed by atoms with Gasteiger partial charge in [-0.1, -0.05) is 52.3 Å². The quantitative estimate of drug-likeness (QED) is 0.323. The highest BCUT2D eigenvalue weighted by atomic mass is 79.9. The van der Waals surface area contributed by atoms with Gasteiger partial charge in [0.25, 0.3) is 11.8 Å². The van der Waals surface area contributed by atoms with Gasteiger partial charge >= 0.3 is 5.97 Å². The van der Waals surface area contributed by atoms with Crippen LogP contribution in [-0.2, 0) is 9.53 Å². The molecule has 2 atom stereocenters. The smallest absolute Gasteiger partial charge is 0.338 e. The van der Waals surface area contributed by atoms with E-state index in [-0.39, 0.29) is 30.9 Å². The van der Waals surface area contributed by atoms with Crippen LogP contribution in [0.5, 0.6) is 0 Å². The number of nitrogens with zero attached hydrogens (tertiary/aromatic N) is 1. The lowest BCUT2D eigenvalue weighted by Gasteiger charge is -2.38. The van der Waals surface area contributed by atoms with Crippen molar-refractivity contribution in [1.29, 1.82) is 0 Å². The van der Waals surface area contributed by atoms with Crippen molar-refractivity contribution in [2.45, 2.75) is 19.3 Å². The number of carbonyl (C=O) groups excluding carboxylic acids is 4. The average molecular weight is 496 g/mol. The number of halogens is 1. The topological polar surface area (TPSA) is 80.8 Å². The van der Waals surface area contributed by atoms with Gasteiger partial charge in [0.15, 0.2) is 0 Å². The summed E-state index contributed by atoms with van der Waals surface area (Å²) in [6.45, 7) is 0.156. The van der Waals surface area contributed by atoms with E-state index < -0.39 is 11.4 Å². The van der Waals surface area contributed by atoms with E-state index in [1.807, 2.05) is 12.1 Å². The number of aldehydes is 1. The molecule has 0 saturated heterocycles. The average Bonchev–Trinajstić information content (AvgIpc) is 3.07. The zero-order chi connectivity index (χ0) is 22.7. The number of hydrogen-bond acceptors (Lipinski definition) is 5. The molecule has 2 amide bonds. The number of carbonyl (C=O) groups is 4. The van der Waals surface area contributed by atoms with Crippen LogP contribution in [0.15, 0.2) is 65.2 Å². The maximum absolute atomic E-state index is 12.7. The lowest BCUT2D eigenvalue weighted by molar-refractivity contribution is -0.120. The number of esters is 1. The molecule has 2 aliphatic rings. The zero-order valence-corrected chi connectivity index (χ0v) is 18.9. The predicted molar refractivity (Wildman–Crippen MR) is 121 cm³/mol. The third-order valence-electron chi connectivity index (χ3n) is 6.27. The van der Waals surface area contributed by atoms with Gasteiger partial charge in [-0.2, -0.15) is 0 Å². The van der Waals surface area contributed by atoms with Gasteiger partial charge in [0.05, 0.1) is 23.3 Å². The van der Waals surface area contributed by atoms with Gasteiger partial charge in [-0.15, -0.1) is 0 Å². The highest BCUT2D eigenvalue weighted by Gasteiger charge is 2.43. The third-order valence-corrected chi connectivity index (χ3v) is 6.93. The number of allylic oxidation sites excluding steroid dienone is 1. The monoisotopic (exact) mass is 495 g/mol. The molecular formula is C25H22BrNO5. The molecule has 0 radical (unpaired) electrons. The number of benzene rings is 2. The minimum absolute atomic E-state index is 0.0314. The molecule has 6 nitrogen and oxygen atoms in total. The molecule has 32 heavy (non-hydrogen) atoms. The number of hydrogen-bond donors (Lipinski definition) is 0. The molecule has 2 aromatic carbocycles. The first-order chi connectivity index (χ1) is 15.4. The van der Waals surface area contributed by atoms with Crippen molar-refractivity contribution in [1.82, 2.24) is 4.90 Å². The lowest BCUT2D eigenvalue weighted by atomic mass is 9.68. The molecule has 1 heterocycles. The van der Waals surface area contributed by atoms with E-state index in [1.54, 1.807) is 48.5 Å². The summed E-state index contributed by atoms with van der Waals surface area (Å²) >= 11 is 3.50. The van der Waals surface area contributed by atoms with Crippen LogP contribution in [0, 0.1) is 11.3 Å². The van der Waals surface area contributed by atoms with Crippen molar-refractivity contribution >= 4 is 40.0 Å². The van der Waals surface area contributed by atoms with Crippen LogP contribution < -0.4 is 0 Å². The first-order valence-corrected chi connectivity index (χ1v) is 11.2. The van der Waals surface area contributed by atoms with Gasteiger partial charge < -0.3 is 9.53 Å². The van der Waals surface area contributed by atoms with E-state index in [4.69, 9.17) is 4.74 Å². The summed E-state index contributed by atoms with van der Waals surface area (Å²) in [6.07, 6.45) is 4.28. The summed E-state index contributed by atoms with van der Waals surface area (Å²) in [5.74, 6) is -1.51. The number of rotatable bonds is 7. The van der Waals surface area contributed by atoms with Crippen LogP contribution in [0.3, 0.4) is 0 Å². The molecule has 0 bridgehead atoms. The maximum Gasteiger partial charge on any atom is 0.338 e. The van der Waals surface area contributed by atoms with Gasteiger partial charge in [-0.3, -0.25) is 14.5 Å². The highest BCUT2D eigenvalue weighted by molar-refractivity contribution is 9.11. The van der Waals surface area contributed by atoms with E-state index in [9.17, 15) is 19.2 Å². The molecule has 1 aliphatic carbocycles. The Morgan fingerprint density at radius 2 is 1.69 bits per heavy atom. The van der Waals surface area contributed by atoms with Gasteiger partial charge in [-0.05, 0) is 48.0 Å².